The van der Waals surface area contributed by atoms with Gasteiger partial charge < -0.3 is 10.5 Å². The lowest BCUT2D eigenvalue weighted by Gasteiger charge is -2.23. The molecule has 0 saturated carbocycles. The summed E-state index contributed by atoms with van der Waals surface area (Å²) in [5, 5.41) is 0.851. The first-order chi connectivity index (χ1) is 9.54. The smallest absolute Gasteiger partial charge is 0.0518 e. The van der Waals surface area contributed by atoms with Crippen molar-refractivity contribution < 1.29 is 4.74 Å². The molecule has 20 heavy (non-hydrogen) atoms. The molecule has 0 amide bonds. The Bertz CT molecular complexity index is 462. The third kappa shape index (κ3) is 3.34. The summed E-state index contributed by atoms with van der Waals surface area (Å²) in [6.07, 6.45) is 1.34. The molecule has 1 heterocycles. The summed E-state index contributed by atoms with van der Waals surface area (Å²) in [5.41, 5.74) is 9.88. The fourth-order valence-electron chi connectivity index (χ4n) is 2.88. The van der Waals surface area contributed by atoms with Gasteiger partial charge in [0.1, 0.15) is 0 Å². The van der Waals surface area contributed by atoms with Gasteiger partial charge in [0.2, 0.25) is 0 Å². The second-order valence-electron chi connectivity index (χ2n) is 5.74. The number of ether oxygens (including phenoxy) is 1. The van der Waals surface area contributed by atoms with Crippen LogP contribution in [0.4, 0.5) is 0 Å². The molecule has 1 aliphatic rings. The van der Waals surface area contributed by atoms with Crippen molar-refractivity contribution in [3.8, 4) is 0 Å². The zero-order valence-electron chi connectivity index (χ0n) is 12.7. The molecule has 0 bridgehead atoms. The van der Waals surface area contributed by atoms with Gasteiger partial charge in [-0.3, -0.25) is 4.90 Å². The Morgan fingerprint density at radius 2 is 2.20 bits per heavy atom. The summed E-state index contributed by atoms with van der Waals surface area (Å²) in [4.78, 5) is 2.44. The van der Waals surface area contributed by atoms with Crippen LogP contribution in [-0.2, 0) is 11.3 Å². The zero-order chi connectivity index (χ0) is 14.7. The molecular formula is C16H25ClN2O. The number of halogens is 1. The minimum atomic E-state index is 0.303. The first-order valence-corrected chi connectivity index (χ1v) is 7.76. The number of benzene rings is 1. The Kier molecular flexibility index (Phi) is 5.44. The van der Waals surface area contributed by atoms with Crippen LogP contribution < -0.4 is 5.73 Å². The van der Waals surface area contributed by atoms with E-state index < -0.39 is 0 Å². The lowest BCUT2D eigenvalue weighted by Crippen LogP contribution is -2.29. The van der Waals surface area contributed by atoms with E-state index in [1.807, 2.05) is 6.07 Å². The van der Waals surface area contributed by atoms with E-state index in [1.165, 1.54) is 16.7 Å². The molecular weight excluding hydrogens is 272 g/mol. The van der Waals surface area contributed by atoms with Gasteiger partial charge in [0.25, 0.3) is 0 Å². The number of nitrogens with two attached hydrogens (primary N) is 1. The van der Waals surface area contributed by atoms with Gasteiger partial charge in [-0.05, 0) is 49.9 Å². The van der Waals surface area contributed by atoms with Crippen molar-refractivity contribution in [2.24, 2.45) is 5.73 Å². The second-order valence-corrected chi connectivity index (χ2v) is 6.14. The van der Waals surface area contributed by atoms with Crippen LogP contribution in [0.1, 0.15) is 43.0 Å². The lowest BCUT2D eigenvalue weighted by atomic mass is 10.0. The number of nitrogens with zero attached hydrogens (tertiary/aromatic N) is 1. The Balaban J connectivity index is 2.01. The van der Waals surface area contributed by atoms with Gasteiger partial charge in [-0.15, -0.1) is 0 Å². The quantitative estimate of drug-likeness (QED) is 0.819. The van der Waals surface area contributed by atoms with Crippen LogP contribution in [-0.4, -0.2) is 30.7 Å². The molecule has 2 N–H and O–H groups in total. The van der Waals surface area contributed by atoms with E-state index >= 15 is 0 Å². The van der Waals surface area contributed by atoms with E-state index in [0.29, 0.717) is 18.7 Å². The van der Waals surface area contributed by atoms with Crippen molar-refractivity contribution in [3.05, 3.63) is 33.8 Å². The molecule has 1 atom stereocenters. The Morgan fingerprint density at radius 1 is 1.45 bits per heavy atom. The van der Waals surface area contributed by atoms with Gasteiger partial charge in [0.15, 0.2) is 0 Å². The van der Waals surface area contributed by atoms with Gasteiger partial charge in [0.05, 0.1) is 6.10 Å². The largest absolute Gasteiger partial charge is 0.379 e. The minimum Gasteiger partial charge on any atom is -0.379 e. The van der Waals surface area contributed by atoms with Crippen molar-refractivity contribution in [3.63, 3.8) is 0 Å². The molecule has 112 valence electrons. The van der Waals surface area contributed by atoms with Gasteiger partial charge in [0, 0.05) is 37.3 Å². The highest BCUT2D eigenvalue weighted by Crippen LogP contribution is 2.37. The maximum atomic E-state index is 6.22. The topological polar surface area (TPSA) is 38.5 Å². The average molecular weight is 297 g/mol. The zero-order valence-corrected chi connectivity index (χ0v) is 13.4. The molecule has 4 heteroatoms. The lowest BCUT2D eigenvalue weighted by molar-refractivity contribution is 0.0675. The van der Waals surface area contributed by atoms with E-state index in [4.69, 9.17) is 22.1 Å². The molecule has 3 nitrogen and oxygen atoms in total. The highest BCUT2D eigenvalue weighted by atomic mass is 35.5. The Labute approximate surface area is 127 Å². The minimum absolute atomic E-state index is 0.303. The molecule has 1 aromatic rings. The summed E-state index contributed by atoms with van der Waals surface area (Å²) >= 11 is 6.22. The van der Waals surface area contributed by atoms with Crippen LogP contribution in [0, 0.1) is 6.92 Å². The third-order valence-corrected chi connectivity index (χ3v) is 4.40. The third-order valence-electron chi connectivity index (χ3n) is 3.99. The van der Waals surface area contributed by atoms with Crippen LogP contribution in [0.3, 0.4) is 0 Å². The van der Waals surface area contributed by atoms with Crippen molar-refractivity contribution in [1.82, 2.24) is 4.90 Å². The van der Waals surface area contributed by atoms with E-state index in [1.54, 1.807) is 0 Å². The van der Waals surface area contributed by atoms with E-state index in [2.05, 4.69) is 31.7 Å². The summed E-state index contributed by atoms with van der Waals surface area (Å²) in [7, 11) is 0. The van der Waals surface area contributed by atoms with Crippen LogP contribution >= 0.6 is 11.6 Å². The van der Waals surface area contributed by atoms with E-state index in [0.717, 1.165) is 31.1 Å². The highest BCUT2D eigenvalue weighted by Gasteiger charge is 2.30. The normalized spacial score (nSPS) is 18.8. The SMILES string of the molecule is Cc1c(Cl)ccc2c1CN(CCCOC(C)C)C2CN. The number of hydrogen-bond acceptors (Lipinski definition) is 3. The standard InChI is InChI=1S/C16H25ClN2O/c1-11(2)20-8-4-7-19-10-14-12(3)15(17)6-5-13(14)16(19)9-18/h5-6,11,16H,4,7-10,18H2,1-3H3. The molecule has 0 fully saturated rings. The molecule has 1 unspecified atom stereocenters. The number of hydrogen-bond donors (Lipinski definition) is 1. The first kappa shape index (κ1) is 15.8. The highest BCUT2D eigenvalue weighted by molar-refractivity contribution is 6.31. The predicted octanol–water partition coefficient (Wildman–Crippen LogP) is 3.28. The molecule has 0 saturated heterocycles. The molecule has 1 aliphatic heterocycles. The molecule has 1 aromatic carbocycles. The van der Waals surface area contributed by atoms with Crippen molar-refractivity contribution >= 4 is 11.6 Å². The van der Waals surface area contributed by atoms with E-state index in [-0.39, 0.29) is 0 Å². The maximum absolute atomic E-state index is 6.22. The summed E-state index contributed by atoms with van der Waals surface area (Å²) < 4.78 is 5.61. The number of fused-ring (bicyclic) bond motifs is 1. The van der Waals surface area contributed by atoms with E-state index in [9.17, 15) is 0 Å². The van der Waals surface area contributed by atoms with Gasteiger partial charge >= 0.3 is 0 Å². The van der Waals surface area contributed by atoms with Gasteiger partial charge in [-0.25, -0.2) is 0 Å². The molecule has 0 spiro atoms. The molecule has 0 aliphatic carbocycles. The summed E-state index contributed by atoms with van der Waals surface area (Å²) in [5.74, 6) is 0. The molecule has 0 aromatic heterocycles. The fraction of sp³-hybridized carbons (Fsp3) is 0.625. The van der Waals surface area contributed by atoms with Crippen molar-refractivity contribution in [2.75, 3.05) is 19.7 Å². The maximum Gasteiger partial charge on any atom is 0.0518 e. The Hall–Kier alpha value is -0.610. The monoisotopic (exact) mass is 296 g/mol. The predicted molar refractivity (Wildman–Crippen MR) is 84.1 cm³/mol. The van der Waals surface area contributed by atoms with Gasteiger partial charge in [-0.1, -0.05) is 17.7 Å². The van der Waals surface area contributed by atoms with Crippen LogP contribution in [0.2, 0.25) is 5.02 Å². The summed E-state index contributed by atoms with van der Waals surface area (Å²) in [6, 6.07) is 4.44. The van der Waals surface area contributed by atoms with Crippen molar-refractivity contribution in [2.45, 2.75) is 45.9 Å². The van der Waals surface area contributed by atoms with Crippen LogP contribution in [0.5, 0.6) is 0 Å². The van der Waals surface area contributed by atoms with Gasteiger partial charge in [-0.2, -0.15) is 0 Å². The Morgan fingerprint density at radius 3 is 2.85 bits per heavy atom. The molecule has 0 radical (unpaired) electrons. The first-order valence-electron chi connectivity index (χ1n) is 7.38. The average Bonchev–Trinajstić information content (AvgIpc) is 2.77. The fourth-order valence-corrected chi connectivity index (χ4v) is 3.06. The van der Waals surface area contributed by atoms with Crippen LogP contribution in [0.15, 0.2) is 12.1 Å². The molecule has 2 rings (SSSR count). The number of rotatable bonds is 6. The van der Waals surface area contributed by atoms with Crippen molar-refractivity contribution in [1.29, 1.82) is 0 Å². The van der Waals surface area contributed by atoms with Crippen LogP contribution in [0.25, 0.3) is 0 Å². The second kappa shape index (κ2) is 6.90. The summed E-state index contributed by atoms with van der Waals surface area (Å²) in [6.45, 7) is 9.66.